The lowest BCUT2D eigenvalue weighted by molar-refractivity contribution is 0.469. The van der Waals surface area contributed by atoms with E-state index < -0.39 is 11.6 Å². The summed E-state index contributed by atoms with van der Waals surface area (Å²) in [6.07, 6.45) is 1.36. The van der Waals surface area contributed by atoms with Gasteiger partial charge in [-0.2, -0.15) is 0 Å². The molecule has 0 spiro atoms. The molecule has 32 heavy (non-hydrogen) atoms. The van der Waals surface area contributed by atoms with Crippen LogP contribution >= 0.6 is 0 Å². The fourth-order valence-corrected chi connectivity index (χ4v) is 3.81. The van der Waals surface area contributed by atoms with E-state index in [1.54, 1.807) is 27.0 Å². The molecule has 5 N–H and O–H groups in total. The maximum atomic E-state index is 14.9. The quantitative estimate of drug-likeness (QED) is 0.382. The zero-order valence-corrected chi connectivity index (χ0v) is 19.5. The largest absolute Gasteiger partial charge is 0.402 e. The SMILES string of the molecule is CNc1ccc(-c2ccc(F)c(F)c2CCC/C(C(C)=N)=C(\C)N)cc1C(=N)CN(C)C. The average Bonchev–Trinajstić information content (AvgIpc) is 2.72. The first-order valence-corrected chi connectivity index (χ1v) is 10.6. The molecule has 0 aliphatic carbocycles. The Morgan fingerprint density at radius 2 is 1.78 bits per heavy atom. The van der Waals surface area contributed by atoms with Crippen molar-refractivity contribution in [2.45, 2.75) is 33.1 Å². The lowest BCUT2D eigenvalue weighted by Gasteiger charge is -2.17. The van der Waals surface area contributed by atoms with Crippen LogP contribution < -0.4 is 11.1 Å². The number of anilines is 1. The molecular weight excluding hydrogens is 408 g/mol. The van der Waals surface area contributed by atoms with Crippen LogP contribution in [0.15, 0.2) is 41.6 Å². The molecule has 0 amide bonds. The Morgan fingerprint density at radius 3 is 2.34 bits per heavy atom. The molecule has 2 rings (SSSR count). The number of benzene rings is 2. The third-order valence-electron chi connectivity index (χ3n) is 5.38. The van der Waals surface area contributed by atoms with Gasteiger partial charge in [0.25, 0.3) is 0 Å². The molecule has 5 nitrogen and oxygen atoms in total. The van der Waals surface area contributed by atoms with Crippen LogP contribution in [0.5, 0.6) is 0 Å². The van der Waals surface area contributed by atoms with E-state index in [0.717, 1.165) is 28.5 Å². The zero-order chi connectivity index (χ0) is 24.0. The molecule has 0 bridgehead atoms. The number of hydrogen-bond donors (Lipinski definition) is 4. The van der Waals surface area contributed by atoms with E-state index in [4.69, 9.17) is 16.6 Å². The molecule has 7 heteroatoms. The second-order valence-corrected chi connectivity index (χ2v) is 8.25. The number of likely N-dealkylation sites (N-methyl/N-ethyl adjacent to an activating group) is 1. The lowest BCUT2D eigenvalue weighted by Crippen LogP contribution is -2.22. The van der Waals surface area contributed by atoms with Crippen molar-refractivity contribution in [1.29, 1.82) is 10.8 Å². The Balaban J connectivity index is 2.46. The first-order chi connectivity index (χ1) is 15.1. The van der Waals surface area contributed by atoms with Crippen LogP contribution in [0.3, 0.4) is 0 Å². The molecule has 2 aromatic rings. The highest BCUT2D eigenvalue weighted by molar-refractivity contribution is 6.05. The van der Waals surface area contributed by atoms with Gasteiger partial charge in [-0.1, -0.05) is 12.1 Å². The highest BCUT2D eigenvalue weighted by Gasteiger charge is 2.17. The van der Waals surface area contributed by atoms with Crippen LogP contribution in [0, 0.1) is 22.5 Å². The molecule has 0 saturated heterocycles. The molecule has 0 unspecified atom stereocenters. The monoisotopic (exact) mass is 441 g/mol. The van der Waals surface area contributed by atoms with Gasteiger partial charge >= 0.3 is 0 Å². The van der Waals surface area contributed by atoms with Crippen LogP contribution in [-0.2, 0) is 6.42 Å². The minimum absolute atomic E-state index is 0.295. The molecular formula is C25H33F2N5. The summed E-state index contributed by atoms with van der Waals surface area (Å²) < 4.78 is 28.9. The summed E-state index contributed by atoms with van der Waals surface area (Å²) in [7, 11) is 5.58. The highest BCUT2D eigenvalue weighted by atomic mass is 19.2. The van der Waals surface area contributed by atoms with E-state index in [0.29, 0.717) is 54.1 Å². The smallest absolute Gasteiger partial charge is 0.162 e. The van der Waals surface area contributed by atoms with Crippen molar-refractivity contribution in [3.05, 3.63) is 64.4 Å². The molecule has 0 fully saturated rings. The Labute approximate surface area is 189 Å². The van der Waals surface area contributed by atoms with Crippen molar-refractivity contribution >= 4 is 17.1 Å². The molecule has 172 valence electrons. The van der Waals surface area contributed by atoms with E-state index in [1.807, 2.05) is 37.2 Å². The number of nitrogens with zero attached hydrogens (tertiary/aromatic N) is 1. The van der Waals surface area contributed by atoms with Gasteiger partial charge in [0.1, 0.15) is 0 Å². The zero-order valence-electron chi connectivity index (χ0n) is 19.5. The van der Waals surface area contributed by atoms with E-state index in [1.165, 1.54) is 0 Å². The number of halogens is 2. The lowest BCUT2D eigenvalue weighted by atomic mass is 9.92. The van der Waals surface area contributed by atoms with Crippen molar-refractivity contribution in [3.63, 3.8) is 0 Å². The van der Waals surface area contributed by atoms with Gasteiger partial charge in [0.15, 0.2) is 11.6 Å². The van der Waals surface area contributed by atoms with Crippen molar-refractivity contribution in [2.24, 2.45) is 5.73 Å². The predicted octanol–water partition coefficient (Wildman–Crippen LogP) is 5.20. The summed E-state index contributed by atoms with van der Waals surface area (Å²) in [6, 6.07) is 8.30. The molecule has 2 aromatic carbocycles. The normalized spacial score (nSPS) is 12.0. The Morgan fingerprint density at radius 1 is 1.09 bits per heavy atom. The Hall–Kier alpha value is -3.06. The van der Waals surface area contributed by atoms with Gasteiger partial charge in [-0.3, -0.25) is 0 Å². The van der Waals surface area contributed by atoms with Crippen LogP contribution in [0.4, 0.5) is 14.5 Å². The topological polar surface area (TPSA) is 89.0 Å². The molecule has 0 saturated carbocycles. The standard InChI is InChI=1S/C25H33F2N5/c1-15(28)18(16(2)29)7-6-8-20-19(10-11-22(26)25(20)27)17-9-12-24(31-3)21(13-17)23(30)14-32(4)5/h9-13,28,30-31H,6-8,14,29H2,1-5H3/b18-16-,28-15?,30-23?. The molecule has 0 aromatic heterocycles. The van der Waals surface area contributed by atoms with E-state index in [2.05, 4.69) is 5.32 Å². The van der Waals surface area contributed by atoms with E-state index in [9.17, 15) is 8.78 Å². The molecule has 0 radical (unpaired) electrons. The number of nitrogens with two attached hydrogens (primary N) is 1. The van der Waals surface area contributed by atoms with Crippen molar-refractivity contribution in [2.75, 3.05) is 33.0 Å². The summed E-state index contributed by atoms with van der Waals surface area (Å²) in [4.78, 5) is 1.91. The highest BCUT2D eigenvalue weighted by Crippen LogP contribution is 2.32. The van der Waals surface area contributed by atoms with Crippen LogP contribution in [0.2, 0.25) is 0 Å². The molecule has 0 aliphatic heterocycles. The maximum Gasteiger partial charge on any atom is 0.162 e. The van der Waals surface area contributed by atoms with Crippen molar-refractivity contribution in [3.8, 4) is 11.1 Å². The van der Waals surface area contributed by atoms with Gasteiger partial charge in [0, 0.05) is 36.3 Å². The summed E-state index contributed by atoms with van der Waals surface area (Å²) in [6.45, 7) is 3.88. The second-order valence-electron chi connectivity index (χ2n) is 8.25. The minimum atomic E-state index is -0.884. The van der Waals surface area contributed by atoms with Crippen LogP contribution in [0.1, 0.15) is 37.8 Å². The first kappa shape index (κ1) is 25.2. The number of hydrogen-bond acceptors (Lipinski definition) is 5. The van der Waals surface area contributed by atoms with E-state index in [-0.39, 0.29) is 0 Å². The number of allylic oxidation sites excluding steroid dienone is 2. The van der Waals surface area contributed by atoms with Gasteiger partial charge in [0.05, 0.1) is 5.71 Å². The minimum Gasteiger partial charge on any atom is -0.402 e. The molecule has 0 heterocycles. The van der Waals surface area contributed by atoms with Gasteiger partial charge in [-0.05, 0) is 87.7 Å². The third kappa shape index (κ3) is 6.01. The Bertz CT molecular complexity index is 1040. The van der Waals surface area contributed by atoms with E-state index >= 15 is 0 Å². The summed E-state index contributed by atoms with van der Waals surface area (Å²) >= 11 is 0. The third-order valence-corrected chi connectivity index (χ3v) is 5.38. The summed E-state index contributed by atoms with van der Waals surface area (Å²) in [5.74, 6) is -1.74. The number of rotatable bonds is 10. The predicted molar refractivity (Wildman–Crippen MR) is 130 cm³/mol. The van der Waals surface area contributed by atoms with Gasteiger partial charge < -0.3 is 26.8 Å². The fourth-order valence-electron chi connectivity index (χ4n) is 3.81. The van der Waals surface area contributed by atoms with Crippen molar-refractivity contribution < 1.29 is 8.78 Å². The first-order valence-electron chi connectivity index (χ1n) is 10.6. The van der Waals surface area contributed by atoms with Crippen LogP contribution in [0.25, 0.3) is 11.1 Å². The van der Waals surface area contributed by atoms with Gasteiger partial charge in [0.2, 0.25) is 0 Å². The summed E-state index contributed by atoms with van der Waals surface area (Å²) in [5.41, 5.74) is 11.2. The molecule has 0 atom stereocenters. The maximum absolute atomic E-state index is 14.9. The number of nitrogens with one attached hydrogen (secondary N) is 3. The van der Waals surface area contributed by atoms with Crippen LogP contribution in [-0.4, -0.2) is 44.0 Å². The van der Waals surface area contributed by atoms with Crippen molar-refractivity contribution in [1.82, 2.24) is 4.90 Å². The van der Waals surface area contributed by atoms with Gasteiger partial charge in [-0.15, -0.1) is 0 Å². The second kappa shape index (κ2) is 11.0. The van der Waals surface area contributed by atoms with Gasteiger partial charge in [-0.25, -0.2) is 8.78 Å². The summed E-state index contributed by atoms with van der Waals surface area (Å²) in [5, 5.41) is 19.4. The fraction of sp³-hybridized carbons (Fsp3) is 0.360. The Kier molecular flexibility index (Phi) is 8.66. The molecule has 0 aliphatic rings. The average molecular weight is 442 g/mol.